The van der Waals surface area contributed by atoms with Crippen LogP contribution in [0.25, 0.3) is 10.9 Å². The average Bonchev–Trinajstić information content (AvgIpc) is 2.86. The van der Waals surface area contributed by atoms with Crippen LogP contribution in [0.15, 0.2) is 29.1 Å². The predicted octanol–water partition coefficient (Wildman–Crippen LogP) is 3.08. The molecule has 3 rings (SSSR count). The second-order valence-corrected chi connectivity index (χ2v) is 6.26. The van der Waals surface area contributed by atoms with E-state index in [0.29, 0.717) is 28.7 Å². The molecule has 0 atom stereocenters. The van der Waals surface area contributed by atoms with Crippen molar-refractivity contribution in [1.29, 1.82) is 0 Å². The Hall–Kier alpha value is -2.14. The highest BCUT2D eigenvalue weighted by Crippen LogP contribution is 2.17. The lowest BCUT2D eigenvalue weighted by molar-refractivity contribution is 0.0517. The molecule has 5 nitrogen and oxygen atoms in total. The fraction of sp³-hybridized carbons (Fsp3) is 0.474. The first-order valence-electron chi connectivity index (χ1n) is 8.74. The number of H-pyrrole nitrogens is 1. The van der Waals surface area contributed by atoms with Crippen molar-refractivity contribution in [1.82, 2.24) is 9.88 Å². The molecule has 1 aromatic heterocycles. The minimum absolute atomic E-state index is 0.0725. The van der Waals surface area contributed by atoms with E-state index in [9.17, 15) is 9.59 Å². The van der Waals surface area contributed by atoms with Crippen LogP contribution < -0.4 is 5.43 Å². The maximum absolute atomic E-state index is 13.0. The summed E-state index contributed by atoms with van der Waals surface area (Å²) in [4.78, 5) is 30.7. The van der Waals surface area contributed by atoms with Gasteiger partial charge >= 0.3 is 5.97 Å². The van der Waals surface area contributed by atoms with Crippen LogP contribution in [0.5, 0.6) is 0 Å². The molecule has 2 aromatic rings. The number of rotatable bonds is 4. The molecule has 1 aliphatic rings. The summed E-state index contributed by atoms with van der Waals surface area (Å²) in [5, 5.41) is 0.621. The van der Waals surface area contributed by atoms with Gasteiger partial charge in [-0.3, -0.25) is 9.69 Å². The van der Waals surface area contributed by atoms with E-state index in [-0.39, 0.29) is 12.0 Å². The van der Waals surface area contributed by atoms with E-state index in [1.807, 2.05) is 18.2 Å². The minimum Gasteiger partial charge on any atom is -0.461 e. The van der Waals surface area contributed by atoms with Crippen LogP contribution in [0.1, 0.15) is 48.7 Å². The van der Waals surface area contributed by atoms with Crippen LogP contribution in [0, 0.1) is 0 Å². The lowest BCUT2D eigenvalue weighted by Crippen LogP contribution is -2.30. The van der Waals surface area contributed by atoms with Crippen LogP contribution in [0.4, 0.5) is 0 Å². The number of pyridine rings is 1. The SMILES string of the molecule is CCOC(=O)c1[nH]c2ccccc2c(=O)c1CN1CCCCCC1. The summed E-state index contributed by atoms with van der Waals surface area (Å²) in [5.74, 6) is -0.454. The molecule has 128 valence electrons. The van der Waals surface area contributed by atoms with Crippen LogP contribution in [0.3, 0.4) is 0 Å². The van der Waals surface area contributed by atoms with E-state index in [4.69, 9.17) is 4.74 Å². The quantitative estimate of drug-likeness (QED) is 0.876. The Labute approximate surface area is 141 Å². The van der Waals surface area contributed by atoms with Gasteiger partial charge in [0, 0.05) is 23.0 Å². The largest absolute Gasteiger partial charge is 0.461 e. The molecule has 0 saturated carbocycles. The summed E-state index contributed by atoms with van der Waals surface area (Å²) in [5.41, 5.74) is 1.42. The lowest BCUT2D eigenvalue weighted by atomic mass is 10.1. The number of carbonyl (C=O) groups is 1. The van der Waals surface area contributed by atoms with Gasteiger partial charge in [-0.25, -0.2) is 4.79 Å². The number of esters is 1. The Morgan fingerprint density at radius 1 is 1.17 bits per heavy atom. The van der Waals surface area contributed by atoms with Crippen molar-refractivity contribution in [3.05, 3.63) is 45.7 Å². The smallest absolute Gasteiger partial charge is 0.355 e. The third-order valence-electron chi connectivity index (χ3n) is 4.57. The summed E-state index contributed by atoms with van der Waals surface area (Å²) in [6.07, 6.45) is 4.74. The summed E-state index contributed by atoms with van der Waals surface area (Å²) >= 11 is 0. The standard InChI is InChI=1S/C19H24N2O3/c1-2-24-19(23)17-15(13-21-11-7-3-4-8-12-21)18(22)14-9-5-6-10-16(14)20-17/h5-6,9-10H,2-4,7-8,11-13H2,1H3,(H,20,22). The van der Waals surface area contributed by atoms with Gasteiger partial charge in [0.15, 0.2) is 5.43 Å². The number of para-hydroxylation sites is 1. The van der Waals surface area contributed by atoms with Gasteiger partial charge in [0.1, 0.15) is 5.69 Å². The van der Waals surface area contributed by atoms with Gasteiger partial charge in [-0.2, -0.15) is 0 Å². The van der Waals surface area contributed by atoms with Crippen molar-refractivity contribution in [2.24, 2.45) is 0 Å². The second kappa shape index (κ2) is 7.62. The Morgan fingerprint density at radius 3 is 2.58 bits per heavy atom. The van der Waals surface area contributed by atoms with Gasteiger partial charge in [0.2, 0.25) is 0 Å². The third kappa shape index (κ3) is 3.51. The highest BCUT2D eigenvalue weighted by atomic mass is 16.5. The normalized spacial score (nSPS) is 16.0. The van der Waals surface area contributed by atoms with Crippen molar-refractivity contribution in [3.8, 4) is 0 Å². The molecular weight excluding hydrogens is 304 g/mol. The summed E-state index contributed by atoms with van der Waals surface area (Å²) < 4.78 is 5.16. The number of aromatic nitrogens is 1. The molecule has 0 aliphatic carbocycles. The molecule has 0 spiro atoms. The van der Waals surface area contributed by atoms with E-state index >= 15 is 0 Å². The predicted molar refractivity (Wildman–Crippen MR) is 94.3 cm³/mol. The summed E-state index contributed by atoms with van der Waals surface area (Å²) in [6, 6.07) is 7.31. The van der Waals surface area contributed by atoms with Gasteiger partial charge in [-0.15, -0.1) is 0 Å². The Morgan fingerprint density at radius 2 is 1.88 bits per heavy atom. The van der Waals surface area contributed by atoms with E-state index in [0.717, 1.165) is 25.9 Å². The third-order valence-corrected chi connectivity index (χ3v) is 4.57. The van der Waals surface area contributed by atoms with E-state index in [1.165, 1.54) is 12.8 Å². The molecule has 1 fully saturated rings. The number of carbonyl (C=O) groups excluding carboxylic acids is 1. The topological polar surface area (TPSA) is 62.4 Å². The van der Waals surface area contributed by atoms with Crippen molar-refractivity contribution < 1.29 is 9.53 Å². The van der Waals surface area contributed by atoms with E-state index in [1.54, 1.807) is 13.0 Å². The van der Waals surface area contributed by atoms with Crippen molar-refractivity contribution in [2.45, 2.75) is 39.2 Å². The highest BCUT2D eigenvalue weighted by Gasteiger charge is 2.21. The average molecular weight is 328 g/mol. The maximum atomic E-state index is 13.0. The van der Waals surface area contributed by atoms with Gasteiger partial charge in [-0.1, -0.05) is 25.0 Å². The van der Waals surface area contributed by atoms with E-state index in [2.05, 4.69) is 9.88 Å². The maximum Gasteiger partial charge on any atom is 0.355 e. The minimum atomic E-state index is -0.454. The summed E-state index contributed by atoms with van der Waals surface area (Å²) in [6.45, 7) is 4.49. The number of likely N-dealkylation sites (tertiary alicyclic amines) is 1. The first-order chi connectivity index (χ1) is 11.7. The van der Waals surface area contributed by atoms with Gasteiger partial charge < -0.3 is 9.72 Å². The van der Waals surface area contributed by atoms with Crippen LogP contribution in [0.2, 0.25) is 0 Å². The Bertz CT molecular complexity index is 774. The molecule has 2 heterocycles. The zero-order chi connectivity index (χ0) is 16.9. The molecule has 0 radical (unpaired) electrons. The lowest BCUT2D eigenvalue weighted by Gasteiger charge is -2.21. The monoisotopic (exact) mass is 328 g/mol. The molecule has 24 heavy (non-hydrogen) atoms. The zero-order valence-corrected chi connectivity index (χ0v) is 14.1. The second-order valence-electron chi connectivity index (χ2n) is 6.26. The first kappa shape index (κ1) is 16.7. The number of nitrogens with zero attached hydrogens (tertiary/aromatic N) is 1. The van der Waals surface area contributed by atoms with Crippen LogP contribution in [-0.4, -0.2) is 35.5 Å². The fourth-order valence-electron chi connectivity index (χ4n) is 3.32. The van der Waals surface area contributed by atoms with E-state index < -0.39 is 5.97 Å². The number of nitrogens with one attached hydrogen (secondary N) is 1. The van der Waals surface area contributed by atoms with Crippen LogP contribution >= 0.6 is 0 Å². The molecule has 1 aliphatic heterocycles. The number of ether oxygens (including phenoxy) is 1. The number of hydrogen-bond donors (Lipinski definition) is 1. The zero-order valence-electron chi connectivity index (χ0n) is 14.1. The molecule has 0 amide bonds. The van der Waals surface area contributed by atoms with Gasteiger partial charge in [0.05, 0.1) is 6.61 Å². The molecule has 0 bridgehead atoms. The Balaban J connectivity index is 2.05. The number of benzene rings is 1. The van der Waals surface area contributed by atoms with Crippen molar-refractivity contribution >= 4 is 16.9 Å². The highest BCUT2D eigenvalue weighted by molar-refractivity contribution is 5.92. The van der Waals surface area contributed by atoms with Gasteiger partial charge in [-0.05, 0) is 45.0 Å². The molecule has 1 saturated heterocycles. The fourth-order valence-corrected chi connectivity index (χ4v) is 3.32. The molecule has 1 N–H and O–H groups in total. The van der Waals surface area contributed by atoms with Crippen LogP contribution in [-0.2, 0) is 11.3 Å². The number of hydrogen-bond acceptors (Lipinski definition) is 4. The molecular formula is C19H24N2O3. The first-order valence-corrected chi connectivity index (χ1v) is 8.74. The molecule has 5 heteroatoms. The Kier molecular flexibility index (Phi) is 5.30. The van der Waals surface area contributed by atoms with Crippen molar-refractivity contribution in [2.75, 3.05) is 19.7 Å². The summed E-state index contributed by atoms with van der Waals surface area (Å²) in [7, 11) is 0. The number of fused-ring (bicyclic) bond motifs is 1. The molecule has 1 aromatic carbocycles. The van der Waals surface area contributed by atoms with Gasteiger partial charge in [0.25, 0.3) is 0 Å². The molecule has 0 unspecified atom stereocenters. The number of aromatic amines is 1. The van der Waals surface area contributed by atoms with Crippen molar-refractivity contribution in [3.63, 3.8) is 0 Å².